The number of phenolic OH excluding ortho intramolecular Hbond substituents is 1. The summed E-state index contributed by atoms with van der Waals surface area (Å²) in [4.78, 5) is 11.3. The molecule has 0 saturated heterocycles. The average Bonchev–Trinajstić information content (AvgIpc) is 2.23. The number of hydrogen-bond acceptors (Lipinski definition) is 2. The average molecular weight is 236 g/mol. The number of benzene rings is 1. The van der Waals surface area contributed by atoms with E-state index in [1.165, 1.54) is 0 Å². The van der Waals surface area contributed by atoms with Crippen molar-refractivity contribution in [1.82, 2.24) is 10.6 Å². The largest absolute Gasteiger partial charge is 0.508 e. The molecule has 4 nitrogen and oxygen atoms in total. The summed E-state index contributed by atoms with van der Waals surface area (Å²) in [5.41, 5.74) is 1.08. The van der Waals surface area contributed by atoms with Crippen LogP contribution in [0.3, 0.4) is 0 Å². The lowest BCUT2D eigenvalue weighted by molar-refractivity contribution is 0.238. The molecule has 0 spiro atoms. The first-order valence-electron chi connectivity index (χ1n) is 5.90. The molecule has 3 N–H and O–H groups in total. The third-order valence-corrected chi connectivity index (χ3v) is 2.26. The van der Waals surface area contributed by atoms with Gasteiger partial charge in [0.25, 0.3) is 0 Å². The SMILES string of the molecule is CC(C)NC(=O)NCCCc1cccc(O)c1. The van der Waals surface area contributed by atoms with Gasteiger partial charge < -0.3 is 15.7 Å². The molecule has 0 aliphatic rings. The van der Waals surface area contributed by atoms with Gasteiger partial charge in [0, 0.05) is 12.6 Å². The molecule has 0 unspecified atom stereocenters. The van der Waals surface area contributed by atoms with Gasteiger partial charge in [-0.05, 0) is 44.4 Å². The van der Waals surface area contributed by atoms with Gasteiger partial charge in [0.1, 0.15) is 5.75 Å². The summed E-state index contributed by atoms with van der Waals surface area (Å²) < 4.78 is 0. The molecular formula is C13H20N2O2. The van der Waals surface area contributed by atoms with E-state index in [0.717, 1.165) is 18.4 Å². The van der Waals surface area contributed by atoms with Crippen LogP contribution in [-0.2, 0) is 6.42 Å². The first-order chi connectivity index (χ1) is 8.08. The van der Waals surface area contributed by atoms with Gasteiger partial charge in [-0.25, -0.2) is 4.79 Å². The minimum absolute atomic E-state index is 0.129. The molecule has 1 rings (SSSR count). The molecule has 0 bridgehead atoms. The van der Waals surface area contributed by atoms with Crippen molar-refractivity contribution in [2.24, 2.45) is 0 Å². The van der Waals surface area contributed by atoms with Crippen molar-refractivity contribution in [3.05, 3.63) is 29.8 Å². The predicted octanol–water partition coefficient (Wildman–Crippen LogP) is 2.03. The molecule has 1 aromatic carbocycles. The highest BCUT2D eigenvalue weighted by Crippen LogP contribution is 2.11. The van der Waals surface area contributed by atoms with Crippen LogP contribution in [-0.4, -0.2) is 23.7 Å². The number of hydrogen-bond donors (Lipinski definition) is 3. The van der Waals surface area contributed by atoms with Gasteiger partial charge >= 0.3 is 6.03 Å². The standard InChI is InChI=1S/C13H20N2O2/c1-10(2)15-13(17)14-8-4-6-11-5-3-7-12(16)9-11/h3,5,7,9-10,16H,4,6,8H2,1-2H3,(H2,14,15,17). The molecule has 2 amide bonds. The lowest BCUT2D eigenvalue weighted by Crippen LogP contribution is -2.39. The molecule has 17 heavy (non-hydrogen) atoms. The molecule has 0 saturated carbocycles. The Morgan fingerprint density at radius 2 is 2.18 bits per heavy atom. The van der Waals surface area contributed by atoms with Crippen LogP contribution in [0, 0.1) is 0 Å². The van der Waals surface area contributed by atoms with E-state index in [4.69, 9.17) is 0 Å². The summed E-state index contributed by atoms with van der Waals surface area (Å²) in [6, 6.07) is 7.21. The van der Waals surface area contributed by atoms with Gasteiger partial charge in [-0.2, -0.15) is 0 Å². The fourth-order valence-electron chi connectivity index (χ4n) is 1.52. The first kappa shape index (κ1) is 13.4. The van der Waals surface area contributed by atoms with Gasteiger partial charge in [0.05, 0.1) is 0 Å². The number of aryl methyl sites for hydroxylation is 1. The zero-order chi connectivity index (χ0) is 12.7. The number of urea groups is 1. The Morgan fingerprint density at radius 1 is 1.41 bits per heavy atom. The van der Waals surface area contributed by atoms with E-state index in [9.17, 15) is 9.90 Å². The zero-order valence-corrected chi connectivity index (χ0v) is 10.4. The third kappa shape index (κ3) is 5.80. The molecule has 0 aromatic heterocycles. The monoisotopic (exact) mass is 236 g/mol. The number of phenols is 1. The number of aromatic hydroxyl groups is 1. The highest BCUT2D eigenvalue weighted by Gasteiger charge is 2.01. The lowest BCUT2D eigenvalue weighted by Gasteiger charge is -2.09. The van der Waals surface area contributed by atoms with Crippen LogP contribution in [0.4, 0.5) is 4.79 Å². The number of carbonyl (C=O) groups is 1. The Balaban J connectivity index is 2.18. The second-order valence-corrected chi connectivity index (χ2v) is 4.33. The van der Waals surface area contributed by atoms with Crippen LogP contribution in [0.2, 0.25) is 0 Å². The maximum Gasteiger partial charge on any atom is 0.314 e. The first-order valence-corrected chi connectivity index (χ1v) is 5.90. The molecule has 0 aliphatic heterocycles. The van der Waals surface area contributed by atoms with Gasteiger partial charge in [-0.3, -0.25) is 0 Å². The van der Waals surface area contributed by atoms with Gasteiger partial charge in [-0.1, -0.05) is 12.1 Å². The Kier molecular flexibility index (Phi) is 5.33. The minimum atomic E-state index is -0.129. The van der Waals surface area contributed by atoms with Crippen molar-refractivity contribution >= 4 is 6.03 Å². The van der Waals surface area contributed by atoms with Crippen LogP contribution >= 0.6 is 0 Å². The Morgan fingerprint density at radius 3 is 2.82 bits per heavy atom. The van der Waals surface area contributed by atoms with E-state index in [2.05, 4.69) is 10.6 Å². The summed E-state index contributed by atoms with van der Waals surface area (Å²) in [6.07, 6.45) is 1.70. The molecule has 0 aliphatic carbocycles. The Labute approximate surface area is 102 Å². The predicted molar refractivity (Wildman–Crippen MR) is 68.1 cm³/mol. The van der Waals surface area contributed by atoms with E-state index in [0.29, 0.717) is 6.54 Å². The molecule has 94 valence electrons. The van der Waals surface area contributed by atoms with E-state index in [1.807, 2.05) is 26.0 Å². The topological polar surface area (TPSA) is 61.4 Å². The Bertz CT molecular complexity index is 364. The molecule has 0 fully saturated rings. The van der Waals surface area contributed by atoms with Crippen molar-refractivity contribution in [1.29, 1.82) is 0 Å². The van der Waals surface area contributed by atoms with Crippen LogP contribution in [0.15, 0.2) is 24.3 Å². The normalized spacial score (nSPS) is 10.3. The quantitative estimate of drug-likeness (QED) is 0.685. The van der Waals surface area contributed by atoms with Gasteiger partial charge in [-0.15, -0.1) is 0 Å². The molecule has 1 aromatic rings. The van der Waals surface area contributed by atoms with Crippen LogP contribution in [0.1, 0.15) is 25.8 Å². The highest BCUT2D eigenvalue weighted by molar-refractivity contribution is 5.73. The number of nitrogens with one attached hydrogen (secondary N) is 2. The molecule has 0 radical (unpaired) electrons. The van der Waals surface area contributed by atoms with Crippen molar-refractivity contribution < 1.29 is 9.90 Å². The zero-order valence-electron chi connectivity index (χ0n) is 10.4. The van der Waals surface area contributed by atoms with E-state index in [1.54, 1.807) is 12.1 Å². The number of rotatable bonds is 5. The maximum absolute atomic E-state index is 11.3. The summed E-state index contributed by atoms with van der Waals surface area (Å²) in [7, 11) is 0. The summed E-state index contributed by atoms with van der Waals surface area (Å²) in [5.74, 6) is 0.285. The fourth-order valence-corrected chi connectivity index (χ4v) is 1.52. The van der Waals surface area contributed by atoms with E-state index in [-0.39, 0.29) is 17.8 Å². The van der Waals surface area contributed by atoms with E-state index < -0.39 is 0 Å². The summed E-state index contributed by atoms with van der Waals surface area (Å²) in [5, 5.41) is 14.8. The minimum Gasteiger partial charge on any atom is -0.508 e. The lowest BCUT2D eigenvalue weighted by atomic mass is 10.1. The van der Waals surface area contributed by atoms with Gasteiger partial charge in [0.2, 0.25) is 0 Å². The Hall–Kier alpha value is -1.71. The molecule has 0 atom stereocenters. The second-order valence-electron chi connectivity index (χ2n) is 4.33. The van der Waals surface area contributed by atoms with Crippen LogP contribution in [0.25, 0.3) is 0 Å². The van der Waals surface area contributed by atoms with Crippen molar-refractivity contribution in [2.75, 3.05) is 6.54 Å². The number of carbonyl (C=O) groups excluding carboxylic acids is 1. The smallest absolute Gasteiger partial charge is 0.314 e. The van der Waals surface area contributed by atoms with Crippen LogP contribution in [0.5, 0.6) is 5.75 Å². The summed E-state index contributed by atoms with van der Waals surface area (Å²) >= 11 is 0. The van der Waals surface area contributed by atoms with Crippen LogP contribution < -0.4 is 10.6 Å². The van der Waals surface area contributed by atoms with Crippen molar-refractivity contribution in [3.63, 3.8) is 0 Å². The number of amides is 2. The highest BCUT2D eigenvalue weighted by atomic mass is 16.3. The van der Waals surface area contributed by atoms with Gasteiger partial charge in [0.15, 0.2) is 0 Å². The molecule has 0 heterocycles. The van der Waals surface area contributed by atoms with Crippen molar-refractivity contribution in [2.45, 2.75) is 32.7 Å². The van der Waals surface area contributed by atoms with Crippen molar-refractivity contribution in [3.8, 4) is 5.75 Å². The van der Waals surface area contributed by atoms with E-state index >= 15 is 0 Å². The molecular weight excluding hydrogens is 216 g/mol. The summed E-state index contributed by atoms with van der Waals surface area (Å²) in [6.45, 7) is 4.48. The molecule has 4 heteroatoms. The fraction of sp³-hybridized carbons (Fsp3) is 0.462. The maximum atomic E-state index is 11.3. The second kappa shape index (κ2) is 6.78. The third-order valence-electron chi connectivity index (χ3n) is 2.26.